The van der Waals surface area contributed by atoms with Crippen molar-refractivity contribution < 1.29 is 13.2 Å². The number of aromatic nitrogens is 1. The Kier molecular flexibility index (Phi) is 4.50. The van der Waals surface area contributed by atoms with Crippen LogP contribution in [0, 0.1) is 0 Å². The third-order valence-electron chi connectivity index (χ3n) is 2.30. The second-order valence-electron chi connectivity index (χ2n) is 4.10. The van der Waals surface area contributed by atoms with Gasteiger partial charge in [-0.25, -0.2) is 4.98 Å². The number of halogens is 3. The molecule has 0 bridgehead atoms. The van der Waals surface area contributed by atoms with E-state index in [1.807, 2.05) is 0 Å². The quantitative estimate of drug-likeness (QED) is 0.859. The summed E-state index contributed by atoms with van der Waals surface area (Å²) < 4.78 is 37.5. The molecule has 1 aromatic rings. The van der Waals surface area contributed by atoms with Gasteiger partial charge in [-0.05, 0) is 26.0 Å². The van der Waals surface area contributed by atoms with Crippen LogP contribution in [-0.4, -0.2) is 28.7 Å². The minimum absolute atomic E-state index is 0.134. The highest BCUT2D eigenvalue weighted by atomic mass is 32.1. The van der Waals surface area contributed by atoms with Crippen molar-refractivity contribution in [2.24, 2.45) is 5.73 Å². The Hall–Kier alpha value is -1.37. The summed E-state index contributed by atoms with van der Waals surface area (Å²) >= 11 is 4.79. The summed E-state index contributed by atoms with van der Waals surface area (Å²) in [7, 11) is 0. The topological polar surface area (TPSA) is 42.1 Å². The molecule has 0 saturated carbocycles. The smallest absolute Gasteiger partial charge is 0.389 e. The second kappa shape index (κ2) is 5.51. The first-order valence-corrected chi connectivity index (χ1v) is 5.71. The lowest BCUT2D eigenvalue weighted by atomic mass is 10.2. The number of thiocarbonyl (C=S) groups is 1. The maximum atomic E-state index is 12.5. The second-order valence-corrected chi connectivity index (χ2v) is 4.54. The zero-order valence-electron chi connectivity index (χ0n) is 10.0. The van der Waals surface area contributed by atoms with E-state index in [4.69, 9.17) is 18.0 Å². The van der Waals surface area contributed by atoms with Crippen molar-refractivity contribution in [1.82, 2.24) is 4.98 Å². The monoisotopic (exact) mass is 277 g/mol. The van der Waals surface area contributed by atoms with Gasteiger partial charge in [0, 0.05) is 17.8 Å². The summed E-state index contributed by atoms with van der Waals surface area (Å²) in [6.07, 6.45) is -2.89. The SMILES string of the molecule is CC(C)N(CC(F)(F)F)c1cc(C(N)=S)ccn1. The van der Waals surface area contributed by atoms with Gasteiger partial charge in [0.25, 0.3) is 0 Å². The minimum Gasteiger partial charge on any atom is -0.389 e. The minimum atomic E-state index is -4.29. The van der Waals surface area contributed by atoms with Gasteiger partial charge < -0.3 is 10.6 Å². The number of alkyl halides is 3. The first-order valence-electron chi connectivity index (χ1n) is 5.30. The van der Waals surface area contributed by atoms with Crippen LogP contribution < -0.4 is 10.6 Å². The molecule has 0 saturated heterocycles. The fraction of sp³-hybridized carbons (Fsp3) is 0.455. The normalized spacial score (nSPS) is 11.7. The molecular formula is C11H14F3N3S. The molecule has 0 radical (unpaired) electrons. The van der Waals surface area contributed by atoms with Crippen LogP contribution in [0.5, 0.6) is 0 Å². The summed E-state index contributed by atoms with van der Waals surface area (Å²) in [6, 6.07) is 2.70. The van der Waals surface area contributed by atoms with E-state index in [0.717, 1.165) is 4.90 Å². The molecule has 0 atom stereocenters. The maximum Gasteiger partial charge on any atom is 0.405 e. The van der Waals surface area contributed by atoms with E-state index in [1.54, 1.807) is 19.9 Å². The van der Waals surface area contributed by atoms with Gasteiger partial charge in [0.2, 0.25) is 0 Å². The van der Waals surface area contributed by atoms with Gasteiger partial charge in [-0.15, -0.1) is 0 Å². The molecule has 0 fully saturated rings. The van der Waals surface area contributed by atoms with E-state index in [2.05, 4.69) is 4.98 Å². The number of hydrogen-bond acceptors (Lipinski definition) is 3. The van der Waals surface area contributed by atoms with Crippen LogP contribution in [0.4, 0.5) is 19.0 Å². The fourth-order valence-electron chi connectivity index (χ4n) is 1.45. The molecule has 7 heteroatoms. The van der Waals surface area contributed by atoms with Crippen molar-refractivity contribution >= 4 is 23.0 Å². The molecule has 0 unspecified atom stereocenters. The Balaban J connectivity index is 3.06. The number of rotatable bonds is 4. The largest absolute Gasteiger partial charge is 0.405 e. The summed E-state index contributed by atoms with van der Waals surface area (Å²) in [5, 5.41) is 0. The van der Waals surface area contributed by atoms with E-state index >= 15 is 0 Å². The standard InChI is InChI=1S/C11H14F3N3S/c1-7(2)17(6-11(12,13)14)9-5-8(10(15)18)3-4-16-9/h3-5,7H,6H2,1-2H3,(H2,15,18). The van der Waals surface area contributed by atoms with Crippen molar-refractivity contribution in [3.05, 3.63) is 23.9 Å². The summed E-state index contributed by atoms with van der Waals surface area (Å²) in [5.41, 5.74) is 5.95. The molecule has 0 aromatic carbocycles. The van der Waals surface area contributed by atoms with Crippen molar-refractivity contribution in [2.45, 2.75) is 26.1 Å². The fourth-order valence-corrected chi connectivity index (χ4v) is 1.58. The van der Waals surface area contributed by atoms with Crippen LogP contribution in [0.25, 0.3) is 0 Å². The summed E-state index contributed by atoms with van der Waals surface area (Å²) in [5.74, 6) is 0.215. The number of nitrogens with two attached hydrogens (primary N) is 1. The van der Waals surface area contributed by atoms with Crippen LogP contribution in [0.1, 0.15) is 19.4 Å². The zero-order valence-corrected chi connectivity index (χ0v) is 10.8. The maximum absolute atomic E-state index is 12.5. The molecule has 2 N–H and O–H groups in total. The van der Waals surface area contributed by atoms with Gasteiger partial charge in [0.1, 0.15) is 17.4 Å². The first kappa shape index (κ1) is 14.7. The van der Waals surface area contributed by atoms with Gasteiger partial charge in [-0.2, -0.15) is 13.2 Å². The lowest BCUT2D eigenvalue weighted by Crippen LogP contribution is -2.39. The average Bonchev–Trinajstić information content (AvgIpc) is 2.24. The summed E-state index contributed by atoms with van der Waals surface area (Å²) in [4.78, 5) is 5.23. The van der Waals surface area contributed by atoms with E-state index in [0.29, 0.717) is 5.56 Å². The lowest BCUT2D eigenvalue weighted by Gasteiger charge is -2.28. The molecular weight excluding hydrogens is 263 g/mol. The molecule has 0 amide bonds. The van der Waals surface area contributed by atoms with Crippen LogP contribution in [0.2, 0.25) is 0 Å². The van der Waals surface area contributed by atoms with Crippen molar-refractivity contribution in [3.8, 4) is 0 Å². The lowest BCUT2D eigenvalue weighted by molar-refractivity contribution is -0.120. The third-order valence-corrected chi connectivity index (χ3v) is 2.53. The molecule has 1 rings (SSSR count). The molecule has 1 aromatic heterocycles. The highest BCUT2D eigenvalue weighted by Crippen LogP contribution is 2.23. The molecule has 3 nitrogen and oxygen atoms in total. The molecule has 0 spiro atoms. The van der Waals surface area contributed by atoms with Crippen LogP contribution in [-0.2, 0) is 0 Å². The molecule has 100 valence electrons. The molecule has 0 aliphatic rings. The zero-order chi connectivity index (χ0) is 13.9. The number of hydrogen-bond donors (Lipinski definition) is 1. The van der Waals surface area contributed by atoms with E-state index < -0.39 is 12.7 Å². The third kappa shape index (κ3) is 4.14. The van der Waals surface area contributed by atoms with Gasteiger partial charge in [0.15, 0.2) is 0 Å². The molecule has 18 heavy (non-hydrogen) atoms. The molecule has 1 heterocycles. The Morgan fingerprint density at radius 1 is 1.50 bits per heavy atom. The van der Waals surface area contributed by atoms with Gasteiger partial charge >= 0.3 is 6.18 Å². The van der Waals surface area contributed by atoms with Gasteiger partial charge in [-0.1, -0.05) is 12.2 Å². The highest BCUT2D eigenvalue weighted by Gasteiger charge is 2.32. The van der Waals surface area contributed by atoms with Crippen molar-refractivity contribution in [1.29, 1.82) is 0 Å². The van der Waals surface area contributed by atoms with Crippen molar-refractivity contribution in [2.75, 3.05) is 11.4 Å². The molecule has 0 aliphatic heterocycles. The number of nitrogens with zero attached hydrogens (tertiary/aromatic N) is 2. The van der Waals surface area contributed by atoms with E-state index in [-0.39, 0.29) is 16.8 Å². The highest BCUT2D eigenvalue weighted by molar-refractivity contribution is 7.80. The van der Waals surface area contributed by atoms with Crippen LogP contribution in [0.15, 0.2) is 18.3 Å². The van der Waals surface area contributed by atoms with E-state index in [9.17, 15) is 13.2 Å². The first-order chi connectivity index (χ1) is 8.20. The number of pyridine rings is 1. The number of anilines is 1. The Morgan fingerprint density at radius 2 is 2.11 bits per heavy atom. The predicted octanol–water partition coefficient (Wildman–Crippen LogP) is 2.49. The van der Waals surface area contributed by atoms with Gasteiger partial charge in [0.05, 0.1) is 0 Å². The van der Waals surface area contributed by atoms with Crippen LogP contribution in [0.3, 0.4) is 0 Å². The van der Waals surface area contributed by atoms with E-state index in [1.165, 1.54) is 12.3 Å². The average molecular weight is 277 g/mol. The van der Waals surface area contributed by atoms with Gasteiger partial charge in [-0.3, -0.25) is 0 Å². The Morgan fingerprint density at radius 3 is 2.56 bits per heavy atom. The molecule has 0 aliphatic carbocycles. The summed E-state index contributed by atoms with van der Waals surface area (Å²) in [6.45, 7) is 2.28. The Labute approximate surface area is 109 Å². The van der Waals surface area contributed by atoms with Crippen LogP contribution >= 0.6 is 12.2 Å². The predicted molar refractivity (Wildman–Crippen MR) is 68.7 cm³/mol. The Bertz CT molecular complexity index is 432. The van der Waals surface area contributed by atoms with Crippen molar-refractivity contribution in [3.63, 3.8) is 0 Å².